The molecule has 2 rings (SSSR count). The molecule has 0 saturated heterocycles. The first-order valence-corrected chi connectivity index (χ1v) is 7.51. The zero-order valence-corrected chi connectivity index (χ0v) is 12.8. The fourth-order valence-electron chi connectivity index (χ4n) is 2.89. The Labute approximate surface area is 132 Å². The highest BCUT2D eigenvalue weighted by molar-refractivity contribution is 5.78. The number of ether oxygens (including phenoxy) is 1. The van der Waals surface area contributed by atoms with Crippen molar-refractivity contribution in [2.24, 2.45) is 11.8 Å². The Balaban J connectivity index is 1.92. The van der Waals surface area contributed by atoms with Gasteiger partial charge in [-0.15, -0.1) is 0 Å². The van der Waals surface area contributed by atoms with Crippen LogP contribution in [0.2, 0.25) is 0 Å². The molecule has 23 heavy (non-hydrogen) atoms. The molecule has 1 saturated carbocycles. The van der Waals surface area contributed by atoms with Gasteiger partial charge < -0.3 is 15.2 Å². The molecule has 4 nitrogen and oxygen atoms in total. The summed E-state index contributed by atoms with van der Waals surface area (Å²) in [5, 5.41) is 12.2. The van der Waals surface area contributed by atoms with Crippen LogP contribution in [0, 0.1) is 11.8 Å². The van der Waals surface area contributed by atoms with E-state index in [0.29, 0.717) is 18.4 Å². The Kier molecular flexibility index (Phi) is 5.38. The minimum Gasteiger partial charge on any atom is -0.504 e. The maximum Gasteiger partial charge on any atom is 0.391 e. The summed E-state index contributed by atoms with van der Waals surface area (Å²) in [5.41, 5.74) is 0.705. The molecular weight excluding hydrogens is 311 g/mol. The van der Waals surface area contributed by atoms with Gasteiger partial charge in [0.1, 0.15) is 0 Å². The van der Waals surface area contributed by atoms with Gasteiger partial charge in [-0.2, -0.15) is 13.2 Å². The van der Waals surface area contributed by atoms with Crippen LogP contribution in [0.15, 0.2) is 18.2 Å². The number of phenols is 1. The predicted molar refractivity (Wildman–Crippen MR) is 78.0 cm³/mol. The molecule has 0 bridgehead atoms. The Morgan fingerprint density at radius 3 is 2.78 bits per heavy atom. The van der Waals surface area contributed by atoms with Gasteiger partial charge in [0, 0.05) is 12.5 Å². The smallest absolute Gasteiger partial charge is 0.391 e. The lowest BCUT2D eigenvalue weighted by atomic mass is 9.80. The van der Waals surface area contributed by atoms with Crippen LogP contribution in [0.25, 0.3) is 0 Å². The average molecular weight is 331 g/mol. The first-order valence-electron chi connectivity index (χ1n) is 7.51. The van der Waals surface area contributed by atoms with E-state index >= 15 is 0 Å². The lowest BCUT2D eigenvalue weighted by molar-refractivity contribution is -0.186. The van der Waals surface area contributed by atoms with Gasteiger partial charge in [-0.25, -0.2) is 0 Å². The quantitative estimate of drug-likeness (QED) is 0.889. The summed E-state index contributed by atoms with van der Waals surface area (Å²) in [6, 6.07) is 4.65. The van der Waals surface area contributed by atoms with E-state index in [0.717, 1.165) is 0 Å². The third-order valence-electron chi connectivity index (χ3n) is 4.22. The number of nitrogens with one attached hydrogen (secondary N) is 1. The first kappa shape index (κ1) is 17.4. The van der Waals surface area contributed by atoms with E-state index in [2.05, 4.69) is 5.32 Å². The average Bonchev–Trinajstić information content (AvgIpc) is 2.53. The summed E-state index contributed by atoms with van der Waals surface area (Å²) in [4.78, 5) is 12.1. The predicted octanol–water partition coefficient (Wildman–Crippen LogP) is 3.39. The van der Waals surface area contributed by atoms with E-state index in [9.17, 15) is 23.1 Å². The molecular formula is C16H20F3NO3. The molecule has 0 aliphatic heterocycles. The minimum atomic E-state index is -4.23. The second kappa shape index (κ2) is 7.10. The second-order valence-electron chi connectivity index (χ2n) is 5.83. The van der Waals surface area contributed by atoms with Gasteiger partial charge in [-0.05, 0) is 37.0 Å². The van der Waals surface area contributed by atoms with Crippen LogP contribution in [0.5, 0.6) is 11.5 Å². The maximum atomic E-state index is 12.8. The van der Waals surface area contributed by atoms with Crippen molar-refractivity contribution in [1.82, 2.24) is 5.32 Å². The van der Waals surface area contributed by atoms with E-state index in [1.807, 2.05) is 0 Å². The van der Waals surface area contributed by atoms with Gasteiger partial charge >= 0.3 is 6.18 Å². The second-order valence-corrected chi connectivity index (χ2v) is 5.83. The summed E-state index contributed by atoms with van der Waals surface area (Å²) in [6.07, 6.45) is -3.38. The van der Waals surface area contributed by atoms with Crippen LogP contribution in [0.1, 0.15) is 31.2 Å². The van der Waals surface area contributed by atoms with Gasteiger partial charge in [0.15, 0.2) is 11.5 Å². The Bertz CT molecular complexity index is 560. The van der Waals surface area contributed by atoms with Crippen molar-refractivity contribution < 1.29 is 27.8 Å². The van der Waals surface area contributed by atoms with Gasteiger partial charge in [0.05, 0.1) is 13.0 Å². The highest BCUT2D eigenvalue weighted by Gasteiger charge is 2.43. The van der Waals surface area contributed by atoms with Crippen LogP contribution in [-0.2, 0) is 11.3 Å². The normalized spacial score (nSPS) is 21.7. The lowest BCUT2D eigenvalue weighted by Gasteiger charge is -2.29. The van der Waals surface area contributed by atoms with Gasteiger partial charge in [0.2, 0.25) is 5.91 Å². The third-order valence-corrected chi connectivity index (χ3v) is 4.22. The minimum absolute atomic E-state index is 0.0112. The number of alkyl halides is 3. The number of aromatic hydroxyl groups is 1. The van der Waals surface area contributed by atoms with Crippen LogP contribution < -0.4 is 10.1 Å². The molecule has 1 aliphatic rings. The molecule has 2 atom stereocenters. The van der Waals surface area contributed by atoms with E-state index < -0.39 is 18.0 Å². The molecule has 0 spiro atoms. The summed E-state index contributed by atoms with van der Waals surface area (Å²) >= 11 is 0. The van der Waals surface area contributed by atoms with Gasteiger partial charge in [0.25, 0.3) is 0 Å². The van der Waals surface area contributed by atoms with Crippen molar-refractivity contribution >= 4 is 5.91 Å². The van der Waals surface area contributed by atoms with E-state index in [4.69, 9.17) is 4.74 Å². The van der Waals surface area contributed by atoms with Crippen molar-refractivity contribution in [1.29, 1.82) is 0 Å². The first-order chi connectivity index (χ1) is 10.8. The summed E-state index contributed by atoms with van der Waals surface area (Å²) in [6.45, 7) is 0.183. The largest absolute Gasteiger partial charge is 0.504 e. The molecule has 1 aliphatic carbocycles. The van der Waals surface area contributed by atoms with Crippen molar-refractivity contribution in [2.75, 3.05) is 7.11 Å². The zero-order chi connectivity index (χ0) is 17.0. The van der Waals surface area contributed by atoms with Gasteiger partial charge in [-0.1, -0.05) is 12.5 Å². The summed E-state index contributed by atoms with van der Waals surface area (Å²) < 4.78 is 43.3. The van der Waals surface area contributed by atoms with Crippen LogP contribution in [0.4, 0.5) is 13.2 Å². The fraction of sp³-hybridized carbons (Fsp3) is 0.562. The number of hydrogen-bond donors (Lipinski definition) is 2. The topological polar surface area (TPSA) is 58.6 Å². The molecule has 0 aromatic heterocycles. The third kappa shape index (κ3) is 4.53. The number of phenolic OH excluding ortho intramolecular Hbond substituents is 1. The van der Waals surface area contributed by atoms with Crippen LogP contribution in [0.3, 0.4) is 0 Å². The number of rotatable bonds is 4. The molecule has 1 aromatic carbocycles. The fourth-order valence-corrected chi connectivity index (χ4v) is 2.89. The van der Waals surface area contributed by atoms with Crippen LogP contribution >= 0.6 is 0 Å². The van der Waals surface area contributed by atoms with Crippen molar-refractivity contribution in [3.05, 3.63) is 23.8 Å². The number of amides is 1. The molecule has 7 heteroatoms. The Hall–Kier alpha value is -1.92. The number of methoxy groups -OCH3 is 1. The molecule has 0 radical (unpaired) electrons. The van der Waals surface area contributed by atoms with Crippen molar-refractivity contribution in [2.45, 2.75) is 38.4 Å². The molecule has 2 N–H and O–H groups in total. The molecule has 2 unspecified atom stereocenters. The lowest BCUT2D eigenvalue weighted by Crippen LogP contribution is -2.37. The molecule has 128 valence electrons. The zero-order valence-electron chi connectivity index (χ0n) is 12.8. The SMILES string of the molecule is COc1cc(CNC(=O)C2CCCC(C(F)(F)F)C2)ccc1O. The van der Waals surface area contributed by atoms with Crippen LogP contribution in [-0.4, -0.2) is 24.3 Å². The number of hydrogen-bond acceptors (Lipinski definition) is 3. The summed E-state index contributed by atoms with van der Waals surface area (Å²) in [7, 11) is 1.41. The number of carbonyl (C=O) groups excluding carboxylic acids is 1. The van der Waals surface area contributed by atoms with E-state index in [-0.39, 0.29) is 36.8 Å². The molecule has 1 amide bonds. The standard InChI is InChI=1S/C16H20F3NO3/c1-23-14-7-10(5-6-13(14)21)9-20-15(22)11-3-2-4-12(8-11)16(17,18)19/h5-7,11-12,21H,2-4,8-9H2,1H3,(H,20,22). The highest BCUT2D eigenvalue weighted by Crippen LogP contribution is 2.40. The number of carbonyl (C=O) groups is 1. The molecule has 1 aromatic rings. The summed E-state index contributed by atoms with van der Waals surface area (Å²) in [5.74, 6) is -2.07. The molecule has 1 fully saturated rings. The van der Waals surface area contributed by atoms with Gasteiger partial charge in [-0.3, -0.25) is 4.79 Å². The number of benzene rings is 1. The molecule has 0 heterocycles. The Morgan fingerprint density at radius 2 is 2.13 bits per heavy atom. The van der Waals surface area contributed by atoms with E-state index in [1.165, 1.54) is 13.2 Å². The van der Waals surface area contributed by atoms with E-state index in [1.54, 1.807) is 12.1 Å². The highest BCUT2D eigenvalue weighted by atomic mass is 19.4. The van der Waals surface area contributed by atoms with Crippen molar-refractivity contribution in [3.8, 4) is 11.5 Å². The monoisotopic (exact) mass is 331 g/mol. The van der Waals surface area contributed by atoms with Crippen molar-refractivity contribution in [3.63, 3.8) is 0 Å². The number of halogens is 3. The maximum absolute atomic E-state index is 12.8. The Morgan fingerprint density at radius 1 is 1.39 bits per heavy atom.